The minimum Gasteiger partial charge on any atom is -0.330 e. The van der Waals surface area contributed by atoms with Crippen LogP contribution in [-0.2, 0) is 19.2 Å². The van der Waals surface area contributed by atoms with Gasteiger partial charge < -0.3 is 4.84 Å². The van der Waals surface area contributed by atoms with Crippen molar-refractivity contribution in [1.82, 2.24) is 5.06 Å². The third kappa shape index (κ3) is 4.33. The average Bonchev–Trinajstić information content (AvgIpc) is 2.21. The number of hydrogen-bond donors (Lipinski definition) is 0. The molecule has 1 aliphatic rings. The first-order chi connectivity index (χ1) is 8.56. The molecule has 5 heteroatoms. The van der Waals surface area contributed by atoms with E-state index in [1.165, 1.54) is 0 Å². The van der Waals surface area contributed by atoms with Gasteiger partial charge in [-0.2, -0.15) is 0 Å². The number of hydrogen-bond acceptors (Lipinski definition) is 4. The molecule has 0 aromatic rings. The van der Waals surface area contributed by atoms with E-state index >= 15 is 0 Å². The lowest BCUT2D eigenvalue weighted by atomic mass is 9.82. The molecule has 0 saturated carbocycles. The number of hydroxylamine groups is 2. The molecule has 1 saturated heterocycles. The molecular formula is C14H23NO4. The molecule has 1 heterocycles. The van der Waals surface area contributed by atoms with Gasteiger partial charge in [0.05, 0.1) is 6.42 Å². The molecule has 0 aromatic heterocycles. The van der Waals surface area contributed by atoms with Crippen molar-refractivity contribution in [3.05, 3.63) is 0 Å². The molecule has 5 nitrogen and oxygen atoms in total. The number of piperidine rings is 1. The van der Waals surface area contributed by atoms with E-state index in [2.05, 4.69) is 0 Å². The van der Waals surface area contributed by atoms with Gasteiger partial charge in [-0.3, -0.25) is 9.59 Å². The van der Waals surface area contributed by atoms with Crippen LogP contribution in [0.5, 0.6) is 0 Å². The van der Waals surface area contributed by atoms with Crippen molar-refractivity contribution in [3.8, 4) is 0 Å². The van der Waals surface area contributed by atoms with Gasteiger partial charge in [-0.25, -0.2) is 4.79 Å². The Bertz CT molecular complexity index is 378. The van der Waals surface area contributed by atoms with Crippen LogP contribution in [0.2, 0.25) is 0 Å². The zero-order chi connectivity index (χ0) is 14.8. The van der Waals surface area contributed by atoms with Crippen molar-refractivity contribution in [2.75, 3.05) is 0 Å². The van der Waals surface area contributed by atoms with Gasteiger partial charge >= 0.3 is 5.97 Å². The summed E-state index contributed by atoms with van der Waals surface area (Å²) in [7, 11) is 0. The summed E-state index contributed by atoms with van der Waals surface area (Å²) in [5.41, 5.74) is -0.558. The highest BCUT2D eigenvalue weighted by molar-refractivity contribution is 5.98. The molecule has 1 rings (SSSR count). The van der Waals surface area contributed by atoms with E-state index in [1.54, 1.807) is 0 Å². The summed E-state index contributed by atoms with van der Waals surface area (Å²) < 4.78 is 0. The number of amides is 2. The fraction of sp³-hybridized carbons (Fsp3) is 0.786. The number of carbonyl (C=O) groups is 3. The van der Waals surface area contributed by atoms with E-state index in [0.29, 0.717) is 5.06 Å². The van der Waals surface area contributed by atoms with Crippen LogP contribution < -0.4 is 0 Å². The molecule has 108 valence electrons. The fourth-order valence-corrected chi connectivity index (χ4v) is 1.92. The first-order valence-electron chi connectivity index (χ1n) is 6.63. The highest BCUT2D eigenvalue weighted by Crippen LogP contribution is 2.32. The second-order valence-corrected chi connectivity index (χ2v) is 6.76. The second-order valence-electron chi connectivity index (χ2n) is 6.76. The van der Waals surface area contributed by atoms with Crippen LogP contribution >= 0.6 is 0 Å². The molecule has 0 unspecified atom stereocenters. The van der Waals surface area contributed by atoms with Crippen molar-refractivity contribution in [2.24, 2.45) is 10.8 Å². The molecule has 19 heavy (non-hydrogen) atoms. The Kier molecular flexibility index (Phi) is 4.38. The predicted molar refractivity (Wildman–Crippen MR) is 69.6 cm³/mol. The van der Waals surface area contributed by atoms with Gasteiger partial charge in [0.25, 0.3) is 11.8 Å². The Morgan fingerprint density at radius 2 is 1.74 bits per heavy atom. The number of nitrogens with zero attached hydrogens (tertiary/aromatic N) is 1. The van der Waals surface area contributed by atoms with E-state index < -0.39 is 17.8 Å². The molecule has 1 fully saturated rings. The van der Waals surface area contributed by atoms with Crippen LogP contribution in [0.15, 0.2) is 0 Å². The van der Waals surface area contributed by atoms with E-state index in [1.807, 2.05) is 34.6 Å². The topological polar surface area (TPSA) is 63.7 Å². The van der Waals surface area contributed by atoms with E-state index in [4.69, 9.17) is 4.84 Å². The van der Waals surface area contributed by atoms with E-state index in [0.717, 1.165) is 6.42 Å². The van der Waals surface area contributed by atoms with Gasteiger partial charge in [0, 0.05) is 12.8 Å². The third-order valence-corrected chi connectivity index (χ3v) is 3.49. The number of rotatable bonds is 4. The summed E-state index contributed by atoms with van der Waals surface area (Å²) >= 11 is 0. The molecule has 0 aliphatic carbocycles. The Hall–Kier alpha value is -1.39. The molecule has 0 radical (unpaired) electrons. The smallest absolute Gasteiger partial charge is 0.330 e. The van der Waals surface area contributed by atoms with Gasteiger partial charge in [-0.1, -0.05) is 41.0 Å². The standard InChI is InChI=1S/C14H23NO4/c1-6-13(2,3)9-12(18)19-15-10(16)7-14(4,5)8-11(15)17/h6-9H2,1-5H3. The molecule has 2 amide bonds. The minimum absolute atomic E-state index is 0.184. The maximum Gasteiger partial charge on any atom is 0.333 e. The highest BCUT2D eigenvalue weighted by atomic mass is 16.7. The van der Waals surface area contributed by atoms with E-state index in [9.17, 15) is 14.4 Å². The lowest BCUT2D eigenvalue weighted by molar-refractivity contribution is -0.210. The number of imide groups is 1. The average molecular weight is 269 g/mol. The quantitative estimate of drug-likeness (QED) is 0.735. The first kappa shape index (κ1) is 15.7. The predicted octanol–water partition coefficient (Wildman–Crippen LogP) is 2.45. The van der Waals surface area contributed by atoms with Crippen LogP contribution in [-0.4, -0.2) is 22.8 Å². The fourth-order valence-electron chi connectivity index (χ4n) is 1.92. The Morgan fingerprint density at radius 3 is 2.16 bits per heavy atom. The van der Waals surface area contributed by atoms with Crippen LogP contribution in [0.1, 0.15) is 60.3 Å². The monoisotopic (exact) mass is 269 g/mol. The summed E-state index contributed by atoms with van der Waals surface area (Å²) in [4.78, 5) is 40.3. The van der Waals surface area contributed by atoms with Crippen molar-refractivity contribution in [2.45, 2.75) is 60.3 Å². The Labute approximate surface area is 114 Å². The second kappa shape index (κ2) is 5.31. The Balaban J connectivity index is 2.65. The van der Waals surface area contributed by atoms with Crippen molar-refractivity contribution < 1.29 is 19.2 Å². The zero-order valence-corrected chi connectivity index (χ0v) is 12.4. The summed E-state index contributed by atoms with van der Waals surface area (Å²) in [5, 5.41) is 0.638. The van der Waals surface area contributed by atoms with Gasteiger partial charge in [0.1, 0.15) is 0 Å². The van der Waals surface area contributed by atoms with Gasteiger partial charge in [-0.15, -0.1) is 5.06 Å². The van der Waals surface area contributed by atoms with Crippen LogP contribution in [0.25, 0.3) is 0 Å². The summed E-state index contributed by atoms with van der Waals surface area (Å²) in [5.74, 6) is -1.42. The van der Waals surface area contributed by atoms with Crippen LogP contribution in [0, 0.1) is 10.8 Å². The summed E-state index contributed by atoms with van der Waals surface area (Å²) in [6.45, 7) is 9.56. The van der Waals surface area contributed by atoms with Crippen LogP contribution in [0.4, 0.5) is 0 Å². The van der Waals surface area contributed by atoms with Gasteiger partial charge in [0.2, 0.25) is 0 Å². The van der Waals surface area contributed by atoms with Crippen LogP contribution in [0.3, 0.4) is 0 Å². The molecule has 0 N–H and O–H groups in total. The lowest BCUT2D eigenvalue weighted by Gasteiger charge is -2.33. The zero-order valence-electron chi connectivity index (χ0n) is 12.4. The van der Waals surface area contributed by atoms with Crippen molar-refractivity contribution >= 4 is 17.8 Å². The maximum atomic E-state index is 11.8. The summed E-state index contributed by atoms with van der Waals surface area (Å²) in [6.07, 6.45) is 1.42. The third-order valence-electron chi connectivity index (χ3n) is 3.49. The number of carbonyl (C=O) groups excluding carboxylic acids is 3. The SMILES string of the molecule is CCC(C)(C)CC(=O)ON1C(=O)CC(C)(C)CC1=O. The van der Waals surface area contributed by atoms with Gasteiger partial charge in [0.15, 0.2) is 0 Å². The molecule has 0 spiro atoms. The maximum absolute atomic E-state index is 11.8. The normalized spacial score (nSPS) is 19.5. The van der Waals surface area contributed by atoms with Crippen molar-refractivity contribution in [1.29, 1.82) is 0 Å². The first-order valence-corrected chi connectivity index (χ1v) is 6.63. The largest absolute Gasteiger partial charge is 0.333 e. The van der Waals surface area contributed by atoms with Gasteiger partial charge in [-0.05, 0) is 10.8 Å². The minimum atomic E-state index is -0.534. The molecule has 0 bridgehead atoms. The molecular weight excluding hydrogens is 246 g/mol. The lowest BCUT2D eigenvalue weighted by Crippen LogP contribution is -2.47. The molecule has 0 aromatic carbocycles. The summed E-state index contributed by atoms with van der Waals surface area (Å²) in [6, 6.07) is 0. The molecule has 1 aliphatic heterocycles. The molecule has 0 atom stereocenters. The van der Waals surface area contributed by atoms with E-state index in [-0.39, 0.29) is 30.1 Å². The highest BCUT2D eigenvalue weighted by Gasteiger charge is 2.40. The Morgan fingerprint density at radius 1 is 1.26 bits per heavy atom. The van der Waals surface area contributed by atoms with Crippen molar-refractivity contribution in [3.63, 3.8) is 0 Å².